The molecule has 25 heavy (non-hydrogen) atoms. The van der Waals surface area contributed by atoms with E-state index in [2.05, 4.69) is 25.6 Å². The van der Waals surface area contributed by atoms with Crippen molar-refractivity contribution in [3.8, 4) is 0 Å². The molecular weight excluding hydrogens is 314 g/mol. The monoisotopic (exact) mass is 333 g/mol. The fourth-order valence-electron chi connectivity index (χ4n) is 3.00. The second-order valence-corrected chi connectivity index (χ2v) is 6.35. The normalized spacial score (nSPS) is 14.9. The van der Waals surface area contributed by atoms with Gasteiger partial charge in [-0.25, -0.2) is 14.8 Å². The first-order valence-electron chi connectivity index (χ1n) is 8.41. The minimum absolute atomic E-state index is 0.157. The predicted molar refractivity (Wildman–Crippen MR) is 96.1 cm³/mol. The number of carbonyl (C=O) groups excluding carboxylic acids is 1. The largest absolute Gasteiger partial charge is 0.328 e. The number of amides is 2. The molecule has 126 valence electrons. The highest BCUT2D eigenvalue weighted by atomic mass is 16.2. The first kappa shape index (κ1) is 15.5. The Labute approximate surface area is 145 Å². The molecule has 0 aliphatic heterocycles. The number of aryl methyl sites for hydroxylation is 1. The van der Waals surface area contributed by atoms with E-state index in [0.717, 1.165) is 35.1 Å². The molecule has 4 rings (SSSR count). The van der Waals surface area contributed by atoms with Crippen LogP contribution in [0.4, 0.5) is 10.5 Å². The first-order chi connectivity index (χ1) is 12.2. The average Bonchev–Trinajstić information content (AvgIpc) is 3.45. The second kappa shape index (κ2) is 6.47. The van der Waals surface area contributed by atoms with Crippen LogP contribution in [0.1, 0.15) is 30.4 Å². The first-order valence-corrected chi connectivity index (χ1v) is 8.41. The molecule has 1 saturated carbocycles. The zero-order chi connectivity index (χ0) is 17.2. The zero-order valence-electron chi connectivity index (χ0n) is 13.9. The molecule has 0 bridgehead atoms. The quantitative estimate of drug-likeness (QED) is 0.764. The van der Waals surface area contributed by atoms with Crippen LogP contribution in [-0.2, 0) is 0 Å². The summed E-state index contributed by atoms with van der Waals surface area (Å²) in [4.78, 5) is 25.7. The van der Waals surface area contributed by atoms with Gasteiger partial charge in [0.05, 0.1) is 17.2 Å². The average molecular weight is 333 g/mol. The maximum atomic E-state index is 12.6. The Morgan fingerprint density at radius 1 is 1.16 bits per heavy atom. The number of carbonyl (C=O) groups is 1. The minimum Gasteiger partial charge on any atom is -0.328 e. The highest BCUT2D eigenvalue weighted by Gasteiger charge is 2.35. The molecule has 6 nitrogen and oxygen atoms in total. The van der Waals surface area contributed by atoms with Crippen molar-refractivity contribution in [1.29, 1.82) is 0 Å². The number of urea groups is 1. The summed E-state index contributed by atoms with van der Waals surface area (Å²) in [5, 5.41) is 6.91. The van der Waals surface area contributed by atoms with E-state index >= 15 is 0 Å². The predicted octanol–water partition coefficient (Wildman–Crippen LogP) is 3.61. The lowest BCUT2D eigenvalue weighted by molar-refractivity contribution is 0.246. The van der Waals surface area contributed by atoms with Gasteiger partial charge in [-0.15, -0.1) is 0 Å². The Kier molecular flexibility index (Phi) is 4.01. The van der Waals surface area contributed by atoms with Crippen molar-refractivity contribution in [2.45, 2.75) is 25.8 Å². The van der Waals surface area contributed by atoms with Crippen LogP contribution in [0.5, 0.6) is 0 Å². The van der Waals surface area contributed by atoms with E-state index in [9.17, 15) is 4.79 Å². The molecule has 6 heteroatoms. The molecule has 0 radical (unpaired) electrons. The van der Waals surface area contributed by atoms with Crippen molar-refractivity contribution < 1.29 is 4.79 Å². The van der Waals surface area contributed by atoms with Gasteiger partial charge < -0.3 is 10.6 Å². The van der Waals surface area contributed by atoms with Crippen molar-refractivity contribution in [2.75, 3.05) is 5.32 Å². The molecule has 1 fully saturated rings. The molecule has 1 aliphatic carbocycles. The summed E-state index contributed by atoms with van der Waals surface area (Å²) in [5.74, 6) is 1.07. The summed E-state index contributed by atoms with van der Waals surface area (Å²) in [6.07, 6.45) is 5.58. The Morgan fingerprint density at radius 3 is 2.68 bits per heavy atom. The van der Waals surface area contributed by atoms with Gasteiger partial charge in [-0.1, -0.05) is 18.2 Å². The molecule has 3 aromatic rings. The number of aromatic nitrogens is 3. The van der Waals surface area contributed by atoms with Gasteiger partial charge in [-0.05, 0) is 43.9 Å². The number of anilines is 1. The number of hydrogen-bond acceptors (Lipinski definition) is 4. The molecule has 2 heterocycles. The van der Waals surface area contributed by atoms with Crippen LogP contribution in [0.3, 0.4) is 0 Å². The van der Waals surface area contributed by atoms with Gasteiger partial charge in [0, 0.05) is 23.5 Å². The highest BCUT2D eigenvalue weighted by molar-refractivity contribution is 6.00. The van der Waals surface area contributed by atoms with E-state index in [1.165, 1.54) is 0 Å². The van der Waals surface area contributed by atoms with E-state index in [1.54, 1.807) is 18.5 Å². The van der Waals surface area contributed by atoms with Gasteiger partial charge in [-0.3, -0.25) is 4.98 Å². The van der Waals surface area contributed by atoms with E-state index in [-0.39, 0.29) is 12.1 Å². The number of rotatable bonds is 4. The van der Waals surface area contributed by atoms with Gasteiger partial charge >= 0.3 is 6.03 Å². The number of nitrogens with zero attached hydrogens (tertiary/aromatic N) is 3. The number of benzene rings is 1. The zero-order valence-corrected chi connectivity index (χ0v) is 13.9. The van der Waals surface area contributed by atoms with Crippen molar-refractivity contribution >= 4 is 22.6 Å². The Morgan fingerprint density at radius 2 is 1.92 bits per heavy atom. The standard InChI is InChI=1S/C19H19N5O/c1-12-11-16(14-5-2-3-6-15(14)22-12)23-19(25)24-17(13-7-8-13)18-20-9-4-10-21-18/h2-6,9-11,13,17H,7-8H2,1H3,(H2,22,23,24,25). The topological polar surface area (TPSA) is 79.8 Å². The number of pyridine rings is 1. The molecule has 1 unspecified atom stereocenters. The van der Waals surface area contributed by atoms with Crippen LogP contribution < -0.4 is 10.6 Å². The molecule has 2 aromatic heterocycles. The van der Waals surface area contributed by atoms with E-state index in [4.69, 9.17) is 0 Å². The molecule has 2 N–H and O–H groups in total. The summed E-state index contributed by atoms with van der Waals surface area (Å²) in [6, 6.07) is 11.0. The van der Waals surface area contributed by atoms with Crippen LogP contribution in [0.25, 0.3) is 10.9 Å². The Bertz CT molecular complexity index is 908. The molecule has 2 amide bonds. The molecule has 1 atom stereocenters. The molecule has 1 aliphatic rings. The van der Waals surface area contributed by atoms with Crippen molar-refractivity contribution in [2.24, 2.45) is 5.92 Å². The smallest absolute Gasteiger partial charge is 0.319 e. The van der Waals surface area contributed by atoms with E-state index in [0.29, 0.717) is 11.7 Å². The van der Waals surface area contributed by atoms with E-state index in [1.807, 2.05) is 37.3 Å². The van der Waals surface area contributed by atoms with Crippen molar-refractivity contribution in [3.05, 3.63) is 60.3 Å². The number of hydrogen-bond donors (Lipinski definition) is 2. The summed E-state index contributed by atoms with van der Waals surface area (Å²) < 4.78 is 0. The maximum Gasteiger partial charge on any atom is 0.319 e. The van der Waals surface area contributed by atoms with E-state index < -0.39 is 0 Å². The SMILES string of the molecule is Cc1cc(NC(=O)NC(c2ncccn2)C2CC2)c2ccccc2n1. The molecule has 0 spiro atoms. The maximum absolute atomic E-state index is 12.6. The lowest BCUT2D eigenvalue weighted by atomic mass is 10.1. The van der Waals surface area contributed by atoms with Gasteiger partial charge in [-0.2, -0.15) is 0 Å². The lowest BCUT2D eigenvalue weighted by Gasteiger charge is -2.18. The Hall–Kier alpha value is -3.02. The minimum atomic E-state index is -0.250. The summed E-state index contributed by atoms with van der Waals surface area (Å²) in [5.41, 5.74) is 2.48. The molecular formula is C19H19N5O. The van der Waals surface area contributed by atoms with Gasteiger partial charge in [0.15, 0.2) is 5.82 Å². The molecule has 1 aromatic carbocycles. The molecule has 0 saturated heterocycles. The number of fused-ring (bicyclic) bond motifs is 1. The Balaban J connectivity index is 1.56. The lowest BCUT2D eigenvalue weighted by Crippen LogP contribution is -2.34. The third-order valence-corrected chi connectivity index (χ3v) is 4.34. The fraction of sp³-hybridized carbons (Fsp3) is 0.263. The summed E-state index contributed by atoms with van der Waals surface area (Å²) in [6.45, 7) is 1.92. The van der Waals surface area contributed by atoms with Crippen LogP contribution in [0.15, 0.2) is 48.8 Å². The van der Waals surface area contributed by atoms with Gasteiger partial charge in [0.2, 0.25) is 0 Å². The number of nitrogens with one attached hydrogen (secondary N) is 2. The summed E-state index contributed by atoms with van der Waals surface area (Å²) >= 11 is 0. The van der Waals surface area contributed by atoms with Crippen LogP contribution in [-0.4, -0.2) is 21.0 Å². The van der Waals surface area contributed by atoms with Gasteiger partial charge in [0.25, 0.3) is 0 Å². The third kappa shape index (κ3) is 3.42. The van der Waals surface area contributed by atoms with Crippen molar-refractivity contribution in [3.63, 3.8) is 0 Å². The fourth-order valence-corrected chi connectivity index (χ4v) is 3.00. The highest BCUT2D eigenvalue weighted by Crippen LogP contribution is 2.39. The number of para-hydroxylation sites is 1. The van der Waals surface area contributed by atoms with Crippen LogP contribution >= 0.6 is 0 Å². The van der Waals surface area contributed by atoms with Crippen molar-refractivity contribution in [1.82, 2.24) is 20.3 Å². The van der Waals surface area contributed by atoms with Crippen LogP contribution in [0.2, 0.25) is 0 Å². The second-order valence-electron chi connectivity index (χ2n) is 6.35. The summed E-state index contributed by atoms with van der Waals surface area (Å²) in [7, 11) is 0. The third-order valence-electron chi connectivity index (χ3n) is 4.34. The van der Waals surface area contributed by atoms with Gasteiger partial charge in [0.1, 0.15) is 0 Å². The van der Waals surface area contributed by atoms with Crippen LogP contribution in [0, 0.1) is 12.8 Å².